The summed E-state index contributed by atoms with van der Waals surface area (Å²) in [7, 11) is 0. The summed E-state index contributed by atoms with van der Waals surface area (Å²) in [5.74, 6) is -0.293. The molecule has 0 radical (unpaired) electrons. The van der Waals surface area contributed by atoms with Gasteiger partial charge in [0.1, 0.15) is 23.5 Å². The Morgan fingerprint density at radius 1 is 1.19 bits per heavy atom. The number of halogens is 3. The zero-order valence-corrected chi connectivity index (χ0v) is 17.1. The van der Waals surface area contributed by atoms with Crippen LogP contribution < -0.4 is 15.8 Å². The van der Waals surface area contributed by atoms with Gasteiger partial charge in [0.15, 0.2) is 0 Å². The first-order valence-corrected chi connectivity index (χ1v) is 8.99. The third-order valence-electron chi connectivity index (χ3n) is 4.00. The van der Waals surface area contributed by atoms with E-state index in [-0.39, 0.29) is 36.5 Å². The summed E-state index contributed by atoms with van der Waals surface area (Å²) in [6.45, 7) is 1.77. The number of aliphatic hydroxyl groups is 1. The van der Waals surface area contributed by atoms with Crippen molar-refractivity contribution in [3.05, 3.63) is 64.1 Å². The molecule has 0 saturated heterocycles. The number of hydrogen-bond donors (Lipinski definition) is 3. The highest BCUT2D eigenvalue weighted by Gasteiger charge is 2.22. The maximum atomic E-state index is 12.3. The first-order chi connectivity index (χ1) is 12.4. The van der Waals surface area contributed by atoms with Crippen LogP contribution in [-0.4, -0.2) is 30.3 Å². The Balaban J connectivity index is 0.00000364. The highest BCUT2D eigenvalue weighted by Crippen LogP contribution is 2.31. The van der Waals surface area contributed by atoms with Crippen molar-refractivity contribution in [3.8, 4) is 5.75 Å². The quantitative estimate of drug-likeness (QED) is 0.594. The van der Waals surface area contributed by atoms with Crippen molar-refractivity contribution in [2.75, 3.05) is 13.2 Å². The van der Waals surface area contributed by atoms with Crippen molar-refractivity contribution in [1.29, 1.82) is 0 Å². The Kier molecular flexibility index (Phi) is 9.91. The van der Waals surface area contributed by atoms with Gasteiger partial charge in [-0.25, -0.2) is 0 Å². The summed E-state index contributed by atoms with van der Waals surface area (Å²) in [6, 6.07) is 14.0. The maximum absolute atomic E-state index is 12.3. The molecule has 5 nitrogen and oxygen atoms in total. The van der Waals surface area contributed by atoms with Gasteiger partial charge in [-0.1, -0.05) is 66.5 Å². The Bertz CT molecular complexity index is 731. The van der Waals surface area contributed by atoms with Crippen LogP contribution in [0.3, 0.4) is 0 Å². The van der Waals surface area contributed by atoms with E-state index in [2.05, 4.69) is 5.32 Å². The van der Waals surface area contributed by atoms with Crippen LogP contribution in [0.2, 0.25) is 10.0 Å². The Labute approximate surface area is 175 Å². The zero-order chi connectivity index (χ0) is 19.1. The van der Waals surface area contributed by atoms with Crippen molar-refractivity contribution < 1.29 is 14.6 Å². The first kappa shape index (κ1) is 23.5. The van der Waals surface area contributed by atoms with Crippen molar-refractivity contribution in [3.63, 3.8) is 0 Å². The number of hydrogen-bond acceptors (Lipinski definition) is 4. The van der Waals surface area contributed by atoms with E-state index in [0.717, 1.165) is 5.56 Å². The first-order valence-electron chi connectivity index (χ1n) is 8.23. The van der Waals surface area contributed by atoms with Gasteiger partial charge in [-0.3, -0.25) is 4.79 Å². The van der Waals surface area contributed by atoms with Crippen LogP contribution in [0.25, 0.3) is 0 Å². The van der Waals surface area contributed by atoms with Crippen LogP contribution in [0.4, 0.5) is 0 Å². The summed E-state index contributed by atoms with van der Waals surface area (Å²) in [5, 5.41) is 13.4. The average Bonchev–Trinajstić information content (AvgIpc) is 2.66. The fourth-order valence-electron chi connectivity index (χ4n) is 2.35. The summed E-state index contributed by atoms with van der Waals surface area (Å²) >= 11 is 11.9. The molecule has 0 heterocycles. The van der Waals surface area contributed by atoms with E-state index in [1.807, 2.05) is 30.3 Å². The van der Waals surface area contributed by atoms with Crippen LogP contribution in [0, 0.1) is 5.92 Å². The van der Waals surface area contributed by atoms with Crippen LogP contribution in [-0.2, 0) is 4.79 Å². The van der Waals surface area contributed by atoms with Crippen LogP contribution in [0.1, 0.15) is 18.5 Å². The minimum Gasteiger partial charge on any atom is -0.489 e. The van der Waals surface area contributed by atoms with Crippen molar-refractivity contribution in [2.24, 2.45) is 11.7 Å². The van der Waals surface area contributed by atoms with Crippen molar-refractivity contribution >= 4 is 41.5 Å². The fraction of sp³-hybridized carbons (Fsp3) is 0.316. The molecule has 4 N–H and O–H groups in total. The number of benzene rings is 2. The van der Waals surface area contributed by atoms with Gasteiger partial charge in [0, 0.05) is 12.6 Å². The lowest BCUT2D eigenvalue weighted by molar-refractivity contribution is -0.125. The van der Waals surface area contributed by atoms with Gasteiger partial charge < -0.3 is 20.9 Å². The Morgan fingerprint density at radius 3 is 2.52 bits per heavy atom. The highest BCUT2D eigenvalue weighted by molar-refractivity contribution is 6.42. The van der Waals surface area contributed by atoms with Gasteiger partial charge in [-0.15, -0.1) is 12.4 Å². The number of nitrogens with one attached hydrogen (secondary N) is 1. The smallest absolute Gasteiger partial charge is 0.224 e. The number of rotatable bonds is 8. The molecule has 0 spiro atoms. The molecule has 8 heteroatoms. The highest BCUT2D eigenvalue weighted by atomic mass is 35.5. The summed E-state index contributed by atoms with van der Waals surface area (Å²) in [4.78, 5) is 12.3. The zero-order valence-electron chi connectivity index (χ0n) is 14.8. The van der Waals surface area contributed by atoms with Gasteiger partial charge in [-0.05, 0) is 17.7 Å². The SMILES string of the molecule is CC(C(=O)NCC(O)COc1cccc(Cl)c1Cl)C(N)c1ccccc1.Cl. The van der Waals surface area contributed by atoms with E-state index in [1.54, 1.807) is 25.1 Å². The standard InChI is InChI=1S/C19H22Cl2N2O3.ClH/c1-12(18(22)13-6-3-2-4-7-13)19(25)23-10-14(24)11-26-16-9-5-8-15(20)17(16)21;/h2-9,12,14,18,24H,10-11,22H2,1H3,(H,23,25);1H. The molecule has 2 aromatic carbocycles. The van der Waals surface area contributed by atoms with Gasteiger partial charge in [-0.2, -0.15) is 0 Å². The topological polar surface area (TPSA) is 84.6 Å². The van der Waals surface area contributed by atoms with E-state index in [4.69, 9.17) is 33.7 Å². The van der Waals surface area contributed by atoms with E-state index in [9.17, 15) is 9.90 Å². The van der Waals surface area contributed by atoms with E-state index < -0.39 is 18.1 Å². The molecule has 3 atom stereocenters. The molecule has 0 bridgehead atoms. The molecule has 2 aromatic rings. The number of aliphatic hydroxyl groups excluding tert-OH is 1. The minimum absolute atomic E-state index is 0. The van der Waals surface area contributed by atoms with E-state index in [0.29, 0.717) is 10.8 Å². The van der Waals surface area contributed by atoms with Gasteiger partial charge in [0.25, 0.3) is 0 Å². The molecule has 0 aliphatic carbocycles. The molecular weight excluding hydrogens is 411 g/mol. The number of carbonyl (C=O) groups is 1. The average molecular weight is 434 g/mol. The molecular formula is C19H23Cl3N2O3. The van der Waals surface area contributed by atoms with E-state index >= 15 is 0 Å². The molecule has 2 rings (SSSR count). The summed E-state index contributed by atoms with van der Waals surface area (Å²) in [5.41, 5.74) is 7.02. The lowest BCUT2D eigenvalue weighted by Gasteiger charge is -2.21. The molecule has 0 fully saturated rings. The Morgan fingerprint density at radius 2 is 1.85 bits per heavy atom. The van der Waals surface area contributed by atoms with Crippen molar-refractivity contribution in [1.82, 2.24) is 5.32 Å². The van der Waals surface area contributed by atoms with Crippen LogP contribution in [0.15, 0.2) is 48.5 Å². The predicted octanol–water partition coefficient (Wildman–Crippen LogP) is 3.61. The minimum atomic E-state index is -0.894. The lowest BCUT2D eigenvalue weighted by atomic mass is 9.94. The maximum Gasteiger partial charge on any atom is 0.224 e. The van der Waals surface area contributed by atoms with Crippen molar-refractivity contribution in [2.45, 2.75) is 19.1 Å². The second-order valence-corrected chi connectivity index (χ2v) is 6.77. The molecule has 27 heavy (non-hydrogen) atoms. The number of ether oxygens (including phenoxy) is 1. The van der Waals surface area contributed by atoms with Crippen LogP contribution in [0.5, 0.6) is 5.75 Å². The third kappa shape index (κ3) is 6.87. The summed E-state index contributed by atoms with van der Waals surface area (Å²) < 4.78 is 5.45. The monoisotopic (exact) mass is 432 g/mol. The summed E-state index contributed by atoms with van der Waals surface area (Å²) in [6.07, 6.45) is -0.894. The Hall–Kier alpha value is -1.50. The second kappa shape index (κ2) is 11.4. The number of amides is 1. The van der Waals surface area contributed by atoms with E-state index in [1.165, 1.54) is 0 Å². The molecule has 0 saturated carbocycles. The van der Waals surface area contributed by atoms with Gasteiger partial charge in [0.2, 0.25) is 5.91 Å². The normalized spacial score (nSPS) is 13.8. The molecule has 148 valence electrons. The molecule has 3 unspecified atom stereocenters. The fourth-order valence-corrected chi connectivity index (χ4v) is 2.69. The van der Waals surface area contributed by atoms with Gasteiger partial charge in [0.05, 0.1) is 10.9 Å². The molecule has 1 amide bonds. The second-order valence-electron chi connectivity index (χ2n) is 5.99. The van der Waals surface area contributed by atoms with Gasteiger partial charge >= 0.3 is 0 Å². The molecule has 0 aliphatic heterocycles. The molecule has 0 aromatic heterocycles. The predicted molar refractivity (Wildman–Crippen MR) is 111 cm³/mol. The largest absolute Gasteiger partial charge is 0.489 e. The third-order valence-corrected chi connectivity index (χ3v) is 4.80. The lowest BCUT2D eigenvalue weighted by Crippen LogP contribution is -2.40. The number of nitrogens with two attached hydrogens (primary N) is 1. The van der Waals surface area contributed by atoms with Crippen LogP contribution >= 0.6 is 35.6 Å². The molecule has 0 aliphatic rings. The number of carbonyl (C=O) groups excluding carboxylic acids is 1.